The molecule has 0 atom stereocenters. The van der Waals surface area contributed by atoms with Crippen molar-refractivity contribution in [1.82, 2.24) is 9.80 Å². The van der Waals surface area contributed by atoms with Crippen LogP contribution in [0.1, 0.15) is 27.1 Å². The SMILES string of the molecule is O=C1c2ccccc2C(=O)N1CCCN1CCN(c2cc(Cl)ccc2Cl)CC1. The Bertz CT molecular complexity index is 875. The normalized spacial score (nSPS) is 17.4. The van der Waals surface area contributed by atoms with Crippen LogP contribution in [0.5, 0.6) is 0 Å². The highest BCUT2D eigenvalue weighted by Gasteiger charge is 2.34. The molecule has 0 saturated carbocycles. The van der Waals surface area contributed by atoms with Crippen LogP contribution in [0.2, 0.25) is 10.0 Å². The molecule has 28 heavy (non-hydrogen) atoms. The zero-order valence-corrected chi connectivity index (χ0v) is 16.9. The summed E-state index contributed by atoms with van der Waals surface area (Å²) in [6.45, 7) is 4.85. The summed E-state index contributed by atoms with van der Waals surface area (Å²) in [6, 6.07) is 12.5. The monoisotopic (exact) mass is 417 g/mol. The Kier molecular flexibility index (Phi) is 5.58. The number of carbonyl (C=O) groups excluding carboxylic acids is 2. The van der Waals surface area contributed by atoms with Gasteiger partial charge in [-0.15, -0.1) is 0 Å². The molecule has 2 heterocycles. The summed E-state index contributed by atoms with van der Waals surface area (Å²) in [5, 5.41) is 1.39. The Balaban J connectivity index is 1.27. The Morgan fingerprint density at radius 1 is 0.821 bits per heavy atom. The maximum Gasteiger partial charge on any atom is 0.261 e. The number of hydrogen-bond donors (Lipinski definition) is 0. The van der Waals surface area contributed by atoms with Gasteiger partial charge in [-0.1, -0.05) is 35.3 Å². The molecule has 0 aromatic heterocycles. The van der Waals surface area contributed by atoms with Gasteiger partial charge in [-0.25, -0.2) is 0 Å². The highest BCUT2D eigenvalue weighted by molar-refractivity contribution is 6.35. The molecule has 2 aromatic carbocycles. The van der Waals surface area contributed by atoms with Gasteiger partial charge in [0.15, 0.2) is 0 Å². The minimum absolute atomic E-state index is 0.180. The van der Waals surface area contributed by atoms with Crippen molar-refractivity contribution in [3.05, 3.63) is 63.6 Å². The lowest BCUT2D eigenvalue weighted by molar-refractivity contribution is 0.0647. The summed E-state index contributed by atoms with van der Waals surface area (Å²) in [5.41, 5.74) is 2.00. The van der Waals surface area contributed by atoms with Gasteiger partial charge >= 0.3 is 0 Å². The standard InChI is InChI=1S/C21H21Cl2N3O2/c22-15-6-7-18(23)19(14-15)25-12-10-24(11-13-25)8-3-9-26-20(27)16-4-1-2-5-17(16)21(26)28/h1-2,4-7,14H,3,8-13H2. The zero-order chi connectivity index (χ0) is 19.7. The van der Waals surface area contributed by atoms with Gasteiger partial charge in [0.2, 0.25) is 0 Å². The van der Waals surface area contributed by atoms with E-state index < -0.39 is 0 Å². The fraction of sp³-hybridized carbons (Fsp3) is 0.333. The fourth-order valence-corrected chi connectivity index (χ4v) is 4.24. The molecule has 5 nitrogen and oxygen atoms in total. The smallest absolute Gasteiger partial charge is 0.261 e. The molecule has 0 spiro atoms. The van der Waals surface area contributed by atoms with Crippen LogP contribution in [0.4, 0.5) is 5.69 Å². The number of piperazine rings is 1. The molecule has 0 bridgehead atoms. The molecule has 2 amide bonds. The van der Waals surface area contributed by atoms with Crippen molar-refractivity contribution >= 4 is 40.7 Å². The first-order valence-corrected chi connectivity index (χ1v) is 10.2. The highest BCUT2D eigenvalue weighted by Crippen LogP contribution is 2.29. The van der Waals surface area contributed by atoms with Crippen LogP contribution in [-0.4, -0.2) is 60.9 Å². The molecule has 4 rings (SSSR count). The molecule has 2 aliphatic rings. The van der Waals surface area contributed by atoms with Crippen LogP contribution in [0.3, 0.4) is 0 Å². The summed E-state index contributed by atoms with van der Waals surface area (Å²) in [4.78, 5) is 30.8. The third kappa shape index (κ3) is 3.75. The number of amides is 2. The van der Waals surface area contributed by atoms with Crippen LogP contribution in [0.25, 0.3) is 0 Å². The number of benzene rings is 2. The molecule has 146 valence electrons. The number of rotatable bonds is 5. The summed E-state index contributed by atoms with van der Waals surface area (Å²) in [5.74, 6) is -0.359. The van der Waals surface area contributed by atoms with Gasteiger partial charge in [0.25, 0.3) is 11.8 Å². The molecule has 0 unspecified atom stereocenters. The zero-order valence-electron chi connectivity index (χ0n) is 15.4. The van der Waals surface area contributed by atoms with Crippen LogP contribution >= 0.6 is 23.2 Å². The van der Waals surface area contributed by atoms with E-state index in [2.05, 4.69) is 9.80 Å². The molecule has 1 saturated heterocycles. The summed E-state index contributed by atoms with van der Waals surface area (Å²) in [6.07, 6.45) is 0.767. The Hall–Kier alpha value is -2.08. The van der Waals surface area contributed by atoms with Crippen molar-refractivity contribution in [2.45, 2.75) is 6.42 Å². The van der Waals surface area contributed by atoms with Gasteiger partial charge < -0.3 is 4.90 Å². The van der Waals surface area contributed by atoms with E-state index in [9.17, 15) is 9.59 Å². The van der Waals surface area contributed by atoms with Crippen molar-refractivity contribution in [2.24, 2.45) is 0 Å². The summed E-state index contributed by atoms with van der Waals surface area (Å²) >= 11 is 12.4. The van der Waals surface area contributed by atoms with E-state index >= 15 is 0 Å². The van der Waals surface area contributed by atoms with E-state index in [1.807, 2.05) is 12.1 Å². The molecule has 0 radical (unpaired) electrons. The molecular weight excluding hydrogens is 397 g/mol. The van der Waals surface area contributed by atoms with Crippen molar-refractivity contribution in [1.29, 1.82) is 0 Å². The maximum absolute atomic E-state index is 12.4. The van der Waals surface area contributed by atoms with E-state index in [1.165, 1.54) is 4.90 Å². The second kappa shape index (κ2) is 8.11. The fourth-order valence-electron chi connectivity index (χ4n) is 3.84. The predicted octanol–water partition coefficient (Wildman–Crippen LogP) is 3.80. The molecule has 2 aromatic rings. The summed E-state index contributed by atoms with van der Waals surface area (Å²) in [7, 11) is 0. The number of nitrogens with zero attached hydrogens (tertiary/aromatic N) is 3. The molecule has 1 fully saturated rings. The first-order valence-electron chi connectivity index (χ1n) is 9.42. The predicted molar refractivity (Wildman–Crippen MR) is 112 cm³/mol. The van der Waals surface area contributed by atoms with Crippen LogP contribution in [0.15, 0.2) is 42.5 Å². The number of fused-ring (bicyclic) bond motifs is 1. The average molecular weight is 418 g/mol. The topological polar surface area (TPSA) is 43.9 Å². The number of hydrogen-bond acceptors (Lipinski definition) is 4. The van der Waals surface area contributed by atoms with Gasteiger partial charge in [-0.05, 0) is 43.3 Å². The molecule has 0 N–H and O–H groups in total. The van der Waals surface area contributed by atoms with E-state index in [-0.39, 0.29) is 11.8 Å². The van der Waals surface area contributed by atoms with Gasteiger partial charge in [0.1, 0.15) is 0 Å². The van der Waals surface area contributed by atoms with E-state index in [0.717, 1.165) is 44.8 Å². The second-order valence-electron chi connectivity index (χ2n) is 7.09. The quantitative estimate of drug-likeness (QED) is 0.693. The molecule has 7 heteroatoms. The maximum atomic E-state index is 12.4. The number of anilines is 1. The van der Waals surface area contributed by atoms with Gasteiger partial charge in [0, 0.05) is 37.7 Å². The largest absolute Gasteiger partial charge is 0.368 e. The Morgan fingerprint density at radius 3 is 2.11 bits per heavy atom. The number of imide groups is 1. The minimum atomic E-state index is -0.180. The first kappa shape index (κ1) is 19.2. The Morgan fingerprint density at radius 2 is 1.46 bits per heavy atom. The van der Waals surface area contributed by atoms with Gasteiger partial charge in [0.05, 0.1) is 21.8 Å². The summed E-state index contributed by atoms with van der Waals surface area (Å²) < 4.78 is 0. The number of carbonyl (C=O) groups is 2. The Labute approximate surface area is 174 Å². The molecule has 0 aliphatic carbocycles. The van der Waals surface area contributed by atoms with E-state index in [1.54, 1.807) is 30.3 Å². The van der Waals surface area contributed by atoms with Crippen LogP contribution in [0, 0.1) is 0 Å². The lowest BCUT2D eigenvalue weighted by atomic mass is 10.1. The number of halogens is 2. The third-order valence-corrected chi connectivity index (χ3v) is 5.91. The second-order valence-corrected chi connectivity index (χ2v) is 7.93. The minimum Gasteiger partial charge on any atom is -0.368 e. The van der Waals surface area contributed by atoms with Crippen molar-refractivity contribution < 1.29 is 9.59 Å². The van der Waals surface area contributed by atoms with E-state index in [0.29, 0.717) is 27.7 Å². The molecular formula is C21H21Cl2N3O2. The van der Waals surface area contributed by atoms with Crippen LogP contribution < -0.4 is 4.90 Å². The van der Waals surface area contributed by atoms with Gasteiger partial charge in [-0.2, -0.15) is 0 Å². The van der Waals surface area contributed by atoms with E-state index in [4.69, 9.17) is 23.2 Å². The lowest BCUT2D eigenvalue weighted by Gasteiger charge is -2.36. The molecule has 2 aliphatic heterocycles. The first-order chi connectivity index (χ1) is 13.5. The van der Waals surface area contributed by atoms with Crippen molar-refractivity contribution in [3.8, 4) is 0 Å². The van der Waals surface area contributed by atoms with Crippen molar-refractivity contribution in [3.63, 3.8) is 0 Å². The van der Waals surface area contributed by atoms with Gasteiger partial charge in [-0.3, -0.25) is 19.4 Å². The average Bonchev–Trinajstić information content (AvgIpc) is 2.95. The van der Waals surface area contributed by atoms with Crippen molar-refractivity contribution in [2.75, 3.05) is 44.2 Å². The van der Waals surface area contributed by atoms with Crippen LogP contribution in [-0.2, 0) is 0 Å². The third-order valence-electron chi connectivity index (χ3n) is 5.36. The highest BCUT2D eigenvalue weighted by atomic mass is 35.5. The lowest BCUT2D eigenvalue weighted by Crippen LogP contribution is -2.47.